The van der Waals surface area contributed by atoms with Crippen LogP contribution >= 0.6 is 0 Å². The first-order valence-electron chi connectivity index (χ1n) is 4.40. The van der Waals surface area contributed by atoms with Gasteiger partial charge in [0.15, 0.2) is 0 Å². The summed E-state index contributed by atoms with van der Waals surface area (Å²) in [5.41, 5.74) is 0. The van der Waals surface area contributed by atoms with E-state index < -0.39 is 0 Å². The van der Waals surface area contributed by atoms with E-state index in [1.54, 1.807) is 0 Å². The van der Waals surface area contributed by atoms with Crippen LogP contribution in [-0.4, -0.2) is 24.5 Å². The minimum Gasteiger partial charge on any atom is -0.303 e. The lowest BCUT2D eigenvalue weighted by Gasteiger charge is -2.12. The third kappa shape index (κ3) is 2.70. The highest BCUT2D eigenvalue weighted by atomic mass is 15.1. The highest BCUT2D eigenvalue weighted by Crippen LogP contribution is 2.19. The van der Waals surface area contributed by atoms with Crippen LogP contribution < -0.4 is 0 Å². The minimum absolute atomic E-state index is 0.824. The molecule has 62 valence electrons. The molecular weight excluding hydrogens is 122 g/mol. The number of likely N-dealkylation sites (tertiary alicyclic amines) is 1. The second-order valence-corrected chi connectivity index (χ2v) is 3.13. The van der Waals surface area contributed by atoms with Crippen LogP contribution in [0.3, 0.4) is 0 Å². The zero-order valence-corrected chi connectivity index (χ0v) is 8.02. The van der Waals surface area contributed by atoms with E-state index in [0.29, 0.717) is 0 Å². The van der Waals surface area contributed by atoms with Crippen LogP contribution in [0.1, 0.15) is 34.1 Å². The molecule has 0 aliphatic carbocycles. The second kappa shape index (κ2) is 4.73. The van der Waals surface area contributed by atoms with Crippen molar-refractivity contribution in [1.29, 1.82) is 0 Å². The third-order valence-electron chi connectivity index (χ3n) is 2.10. The summed E-state index contributed by atoms with van der Waals surface area (Å²) in [5, 5.41) is 0. The Labute approximate surface area is 65.4 Å². The highest BCUT2D eigenvalue weighted by Gasteiger charge is 2.21. The molecule has 1 heteroatoms. The first-order valence-corrected chi connectivity index (χ1v) is 4.40. The van der Waals surface area contributed by atoms with E-state index in [9.17, 15) is 0 Å². The SMILES string of the molecule is CC.C[C@H]1C[C@H](C)N(C)C1. The van der Waals surface area contributed by atoms with Gasteiger partial charge in [-0.3, -0.25) is 0 Å². The van der Waals surface area contributed by atoms with E-state index in [0.717, 1.165) is 12.0 Å². The largest absolute Gasteiger partial charge is 0.303 e. The van der Waals surface area contributed by atoms with Crippen molar-refractivity contribution in [3.05, 3.63) is 0 Å². The van der Waals surface area contributed by atoms with Gasteiger partial charge in [-0.15, -0.1) is 0 Å². The molecule has 0 aromatic carbocycles. The zero-order valence-electron chi connectivity index (χ0n) is 8.02. The molecule has 1 rings (SSSR count). The molecule has 2 atom stereocenters. The summed E-state index contributed by atoms with van der Waals surface area (Å²) in [5.74, 6) is 0.926. The first-order chi connectivity index (χ1) is 4.70. The number of nitrogens with zero attached hydrogens (tertiary/aromatic N) is 1. The molecular formula is C9H21N. The van der Waals surface area contributed by atoms with Crippen molar-refractivity contribution in [2.75, 3.05) is 13.6 Å². The maximum atomic E-state index is 2.42. The quantitative estimate of drug-likeness (QED) is 0.503. The van der Waals surface area contributed by atoms with E-state index in [1.165, 1.54) is 13.0 Å². The van der Waals surface area contributed by atoms with Gasteiger partial charge < -0.3 is 4.90 Å². The van der Waals surface area contributed by atoms with Gasteiger partial charge in [0.2, 0.25) is 0 Å². The van der Waals surface area contributed by atoms with Crippen molar-refractivity contribution in [1.82, 2.24) is 4.90 Å². The first kappa shape index (κ1) is 9.96. The summed E-state index contributed by atoms with van der Waals surface area (Å²) >= 11 is 0. The van der Waals surface area contributed by atoms with Gasteiger partial charge in [0.25, 0.3) is 0 Å². The molecule has 1 aliphatic heterocycles. The molecule has 1 fully saturated rings. The van der Waals surface area contributed by atoms with Crippen LogP contribution in [0.15, 0.2) is 0 Å². The Balaban J connectivity index is 0.000000371. The van der Waals surface area contributed by atoms with Crippen LogP contribution in [0, 0.1) is 5.92 Å². The summed E-state index contributed by atoms with van der Waals surface area (Å²) < 4.78 is 0. The lowest BCUT2D eigenvalue weighted by atomic mass is 10.1. The topological polar surface area (TPSA) is 3.24 Å². The number of hydrogen-bond acceptors (Lipinski definition) is 1. The molecule has 0 aromatic rings. The fourth-order valence-corrected chi connectivity index (χ4v) is 1.51. The van der Waals surface area contributed by atoms with Crippen molar-refractivity contribution < 1.29 is 0 Å². The minimum atomic E-state index is 0.824. The molecule has 1 aliphatic rings. The lowest BCUT2D eigenvalue weighted by molar-refractivity contribution is 0.327. The Morgan fingerprint density at radius 1 is 1.20 bits per heavy atom. The Kier molecular flexibility index (Phi) is 4.71. The van der Waals surface area contributed by atoms with Gasteiger partial charge in [0.1, 0.15) is 0 Å². The summed E-state index contributed by atoms with van der Waals surface area (Å²) in [6.45, 7) is 9.91. The highest BCUT2D eigenvalue weighted by molar-refractivity contribution is 4.76. The van der Waals surface area contributed by atoms with E-state index in [2.05, 4.69) is 25.8 Å². The fraction of sp³-hybridized carbons (Fsp3) is 1.00. The lowest BCUT2D eigenvalue weighted by Crippen LogP contribution is -2.21. The molecule has 1 nitrogen and oxygen atoms in total. The molecule has 1 heterocycles. The van der Waals surface area contributed by atoms with Gasteiger partial charge in [-0.1, -0.05) is 20.8 Å². The van der Waals surface area contributed by atoms with Crippen molar-refractivity contribution in [2.24, 2.45) is 5.92 Å². The maximum Gasteiger partial charge on any atom is 0.00670 e. The predicted molar refractivity (Wildman–Crippen MR) is 47.2 cm³/mol. The van der Waals surface area contributed by atoms with Gasteiger partial charge in [-0.25, -0.2) is 0 Å². The molecule has 0 spiro atoms. The number of hydrogen-bond donors (Lipinski definition) is 0. The van der Waals surface area contributed by atoms with Gasteiger partial charge in [-0.2, -0.15) is 0 Å². The van der Waals surface area contributed by atoms with Crippen LogP contribution in [0.5, 0.6) is 0 Å². The van der Waals surface area contributed by atoms with Crippen molar-refractivity contribution in [2.45, 2.75) is 40.2 Å². The fourth-order valence-electron chi connectivity index (χ4n) is 1.51. The van der Waals surface area contributed by atoms with Crippen molar-refractivity contribution in [3.8, 4) is 0 Å². The van der Waals surface area contributed by atoms with Crippen LogP contribution in [0.25, 0.3) is 0 Å². The normalized spacial score (nSPS) is 33.3. The van der Waals surface area contributed by atoms with Crippen molar-refractivity contribution in [3.63, 3.8) is 0 Å². The Hall–Kier alpha value is -0.0400. The molecule has 0 N–H and O–H groups in total. The molecule has 0 unspecified atom stereocenters. The summed E-state index contributed by atoms with van der Waals surface area (Å²) in [6.07, 6.45) is 1.39. The molecule has 0 amide bonds. The van der Waals surface area contributed by atoms with E-state index in [1.807, 2.05) is 13.8 Å². The zero-order chi connectivity index (χ0) is 8.15. The smallest absolute Gasteiger partial charge is 0.00670 e. The Morgan fingerprint density at radius 3 is 1.80 bits per heavy atom. The summed E-state index contributed by atoms with van der Waals surface area (Å²) in [7, 11) is 2.20. The standard InChI is InChI=1S/C7H15N.C2H6/c1-6-4-7(2)8(3)5-6;1-2/h6-7H,4-5H2,1-3H3;1-2H3/t6-,7-;/m0./s1. The summed E-state index contributed by atoms with van der Waals surface area (Å²) in [4.78, 5) is 2.42. The van der Waals surface area contributed by atoms with Gasteiger partial charge >= 0.3 is 0 Å². The molecule has 1 saturated heterocycles. The van der Waals surface area contributed by atoms with E-state index >= 15 is 0 Å². The number of rotatable bonds is 0. The van der Waals surface area contributed by atoms with Gasteiger partial charge in [0, 0.05) is 12.6 Å². The predicted octanol–water partition coefficient (Wildman–Crippen LogP) is 2.37. The maximum absolute atomic E-state index is 2.42. The van der Waals surface area contributed by atoms with Crippen molar-refractivity contribution >= 4 is 0 Å². The molecule has 0 saturated carbocycles. The van der Waals surface area contributed by atoms with Crippen LogP contribution in [0.4, 0.5) is 0 Å². The average molecular weight is 143 g/mol. The second-order valence-electron chi connectivity index (χ2n) is 3.13. The Morgan fingerprint density at radius 2 is 1.70 bits per heavy atom. The van der Waals surface area contributed by atoms with E-state index in [4.69, 9.17) is 0 Å². The Bertz CT molecular complexity index is 70.8. The summed E-state index contributed by atoms with van der Waals surface area (Å²) in [6, 6.07) is 0.824. The molecule has 10 heavy (non-hydrogen) atoms. The van der Waals surface area contributed by atoms with Crippen LogP contribution in [0.2, 0.25) is 0 Å². The third-order valence-corrected chi connectivity index (χ3v) is 2.10. The van der Waals surface area contributed by atoms with Gasteiger partial charge in [0.05, 0.1) is 0 Å². The molecule has 0 aromatic heterocycles. The van der Waals surface area contributed by atoms with Gasteiger partial charge in [-0.05, 0) is 26.3 Å². The molecule has 0 radical (unpaired) electrons. The van der Waals surface area contributed by atoms with E-state index in [-0.39, 0.29) is 0 Å². The monoisotopic (exact) mass is 143 g/mol. The molecule has 0 bridgehead atoms. The average Bonchev–Trinajstić information content (AvgIpc) is 2.16. The van der Waals surface area contributed by atoms with Crippen LogP contribution in [-0.2, 0) is 0 Å².